The van der Waals surface area contributed by atoms with Crippen LogP contribution in [0.15, 0.2) is 42.5 Å². The Morgan fingerprint density at radius 3 is 2.53 bits per heavy atom. The van der Waals surface area contributed by atoms with Crippen LogP contribution in [-0.2, 0) is 19.4 Å². The first-order chi connectivity index (χ1) is 14.5. The predicted octanol–water partition coefficient (Wildman–Crippen LogP) is 5.03. The van der Waals surface area contributed by atoms with E-state index in [4.69, 9.17) is 0 Å². The number of nitrogens with zero attached hydrogens (tertiary/aromatic N) is 1. The Balaban J connectivity index is 1.44. The van der Waals surface area contributed by atoms with Gasteiger partial charge in [-0.05, 0) is 92.7 Å². The highest BCUT2D eigenvalue weighted by Gasteiger charge is 2.14. The number of hydrogen-bond donors (Lipinski definition) is 1. The molecule has 30 heavy (non-hydrogen) atoms. The third kappa shape index (κ3) is 6.75. The monoisotopic (exact) mass is 410 g/mol. The van der Waals surface area contributed by atoms with E-state index in [1.165, 1.54) is 23.3 Å². The van der Waals surface area contributed by atoms with Gasteiger partial charge in [-0.2, -0.15) is 0 Å². The van der Waals surface area contributed by atoms with Crippen molar-refractivity contribution in [2.45, 2.75) is 52.5 Å². The normalized spacial score (nSPS) is 14.9. The molecule has 2 aromatic rings. The largest absolute Gasteiger partial charge is 0.316 e. The van der Waals surface area contributed by atoms with Crippen LogP contribution in [0.5, 0.6) is 0 Å². The summed E-state index contributed by atoms with van der Waals surface area (Å²) in [6, 6.07) is 13.0. The SMILES string of the molecule is CCN(CCC(C)CCC(=O)c1ccc2c(c1)CCNCC2)Cc1ccc(F)cc1. The Morgan fingerprint density at radius 1 is 1.07 bits per heavy atom. The highest BCUT2D eigenvalue weighted by Crippen LogP contribution is 2.19. The first-order valence-electron chi connectivity index (χ1n) is 11.4. The predicted molar refractivity (Wildman–Crippen MR) is 121 cm³/mol. The second kappa shape index (κ2) is 11.4. The molecular formula is C26H35FN2O. The number of carbonyl (C=O) groups is 1. The van der Waals surface area contributed by atoms with Crippen LogP contribution in [-0.4, -0.2) is 36.9 Å². The number of halogens is 1. The van der Waals surface area contributed by atoms with Gasteiger partial charge in [-0.3, -0.25) is 9.69 Å². The molecule has 1 N–H and O–H groups in total. The van der Waals surface area contributed by atoms with Gasteiger partial charge in [0.25, 0.3) is 0 Å². The zero-order valence-corrected chi connectivity index (χ0v) is 18.4. The van der Waals surface area contributed by atoms with Gasteiger partial charge in [-0.15, -0.1) is 0 Å². The summed E-state index contributed by atoms with van der Waals surface area (Å²) in [5.74, 6) is 0.577. The van der Waals surface area contributed by atoms with Crippen molar-refractivity contribution in [2.24, 2.45) is 5.92 Å². The Labute approximate surface area is 180 Å². The molecule has 162 valence electrons. The summed E-state index contributed by atoms with van der Waals surface area (Å²) in [6.45, 7) is 9.21. The number of carbonyl (C=O) groups excluding carboxylic acids is 1. The summed E-state index contributed by atoms with van der Waals surface area (Å²) in [4.78, 5) is 15.1. The molecule has 1 aliphatic rings. The number of rotatable bonds is 10. The van der Waals surface area contributed by atoms with E-state index in [2.05, 4.69) is 36.2 Å². The molecule has 0 bridgehead atoms. The van der Waals surface area contributed by atoms with Gasteiger partial charge in [0.1, 0.15) is 5.82 Å². The fourth-order valence-electron chi connectivity index (χ4n) is 4.11. The molecule has 1 atom stereocenters. The lowest BCUT2D eigenvalue weighted by atomic mass is 9.94. The quantitative estimate of drug-likeness (QED) is 0.558. The highest BCUT2D eigenvalue weighted by molar-refractivity contribution is 5.96. The van der Waals surface area contributed by atoms with Gasteiger partial charge >= 0.3 is 0 Å². The van der Waals surface area contributed by atoms with E-state index < -0.39 is 0 Å². The molecule has 1 aliphatic heterocycles. The van der Waals surface area contributed by atoms with E-state index in [-0.39, 0.29) is 11.6 Å². The molecule has 0 saturated heterocycles. The van der Waals surface area contributed by atoms with Crippen molar-refractivity contribution in [2.75, 3.05) is 26.2 Å². The minimum absolute atomic E-state index is 0.189. The molecule has 0 saturated carbocycles. The minimum Gasteiger partial charge on any atom is -0.316 e. The van der Waals surface area contributed by atoms with Crippen molar-refractivity contribution in [3.8, 4) is 0 Å². The van der Waals surface area contributed by atoms with Gasteiger partial charge in [0.05, 0.1) is 0 Å². The van der Waals surface area contributed by atoms with Crippen molar-refractivity contribution in [1.82, 2.24) is 10.2 Å². The Morgan fingerprint density at radius 2 is 1.80 bits per heavy atom. The summed E-state index contributed by atoms with van der Waals surface area (Å²) in [5.41, 5.74) is 4.72. The number of Topliss-reactive ketones (excluding diaryl/α,β-unsaturated/α-hetero) is 1. The third-order valence-corrected chi connectivity index (χ3v) is 6.24. The van der Waals surface area contributed by atoms with Gasteiger partial charge in [0, 0.05) is 18.5 Å². The number of benzene rings is 2. The summed E-state index contributed by atoms with van der Waals surface area (Å²) in [5, 5.41) is 3.42. The van der Waals surface area contributed by atoms with Crippen LogP contribution in [0.1, 0.15) is 60.2 Å². The average molecular weight is 411 g/mol. The number of nitrogens with one attached hydrogen (secondary N) is 1. The van der Waals surface area contributed by atoms with Gasteiger partial charge in [0.2, 0.25) is 0 Å². The molecule has 0 aliphatic carbocycles. The first kappa shape index (κ1) is 22.6. The van der Waals surface area contributed by atoms with E-state index in [1.807, 2.05) is 18.2 Å². The lowest BCUT2D eigenvalue weighted by Gasteiger charge is -2.22. The lowest BCUT2D eigenvalue weighted by molar-refractivity contribution is 0.0972. The first-order valence-corrected chi connectivity index (χ1v) is 11.4. The maximum Gasteiger partial charge on any atom is 0.162 e. The van der Waals surface area contributed by atoms with Crippen LogP contribution >= 0.6 is 0 Å². The number of hydrogen-bond acceptors (Lipinski definition) is 3. The molecule has 1 heterocycles. The molecule has 0 fully saturated rings. The molecule has 0 aromatic heterocycles. The Kier molecular flexibility index (Phi) is 8.59. The van der Waals surface area contributed by atoms with Crippen molar-refractivity contribution in [3.63, 3.8) is 0 Å². The fourth-order valence-corrected chi connectivity index (χ4v) is 4.11. The molecule has 1 unspecified atom stereocenters. The minimum atomic E-state index is -0.189. The summed E-state index contributed by atoms with van der Waals surface area (Å²) >= 11 is 0. The van der Waals surface area contributed by atoms with Crippen molar-refractivity contribution in [1.29, 1.82) is 0 Å². The standard InChI is InChI=1S/C26H35FN2O/c1-3-29(19-21-5-9-25(27)10-6-21)17-14-20(2)4-11-26(30)24-8-7-22-12-15-28-16-13-23(22)18-24/h5-10,18,20,28H,3-4,11-17,19H2,1-2H3. The van der Waals surface area contributed by atoms with Crippen LogP contribution < -0.4 is 5.32 Å². The van der Waals surface area contributed by atoms with Gasteiger partial charge < -0.3 is 5.32 Å². The summed E-state index contributed by atoms with van der Waals surface area (Å²) in [6.07, 6.45) is 4.66. The second-order valence-electron chi connectivity index (χ2n) is 8.58. The Bertz CT molecular complexity index is 818. The van der Waals surface area contributed by atoms with Crippen LogP contribution in [0, 0.1) is 11.7 Å². The van der Waals surface area contributed by atoms with Crippen molar-refractivity contribution >= 4 is 5.78 Å². The number of fused-ring (bicyclic) bond motifs is 1. The zero-order valence-electron chi connectivity index (χ0n) is 18.4. The van der Waals surface area contributed by atoms with Crippen molar-refractivity contribution < 1.29 is 9.18 Å². The topological polar surface area (TPSA) is 32.3 Å². The van der Waals surface area contributed by atoms with Crippen LogP contribution in [0.3, 0.4) is 0 Å². The van der Waals surface area contributed by atoms with E-state index in [9.17, 15) is 9.18 Å². The van der Waals surface area contributed by atoms with E-state index in [0.717, 1.165) is 69.5 Å². The van der Waals surface area contributed by atoms with Gasteiger partial charge in [0.15, 0.2) is 5.78 Å². The van der Waals surface area contributed by atoms with Crippen LogP contribution in [0.4, 0.5) is 4.39 Å². The smallest absolute Gasteiger partial charge is 0.162 e. The van der Waals surface area contributed by atoms with Crippen LogP contribution in [0.25, 0.3) is 0 Å². The molecule has 0 amide bonds. The maximum absolute atomic E-state index is 13.1. The highest BCUT2D eigenvalue weighted by atomic mass is 19.1. The molecule has 2 aromatic carbocycles. The lowest BCUT2D eigenvalue weighted by Crippen LogP contribution is -2.25. The van der Waals surface area contributed by atoms with Crippen LogP contribution in [0.2, 0.25) is 0 Å². The number of ketones is 1. The molecular weight excluding hydrogens is 375 g/mol. The fraction of sp³-hybridized carbons (Fsp3) is 0.500. The van der Waals surface area contributed by atoms with E-state index >= 15 is 0 Å². The molecule has 3 rings (SSSR count). The van der Waals surface area contributed by atoms with Gasteiger partial charge in [-0.25, -0.2) is 4.39 Å². The summed E-state index contributed by atoms with van der Waals surface area (Å²) in [7, 11) is 0. The van der Waals surface area contributed by atoms with Gasteiger partial charge in [-0.1, -0.05) is 38.1 Å². The van der Waals surface area contributed by atoms with Crippen molar-refractivity contribution in [3.05, 3.63) is 70.5 Å². The zero-order chi connectivity index (χ0) is 21.3. The Hall–Kier alpha value is -2.04. The average Bonchev–Trinajstić information content (AvgIpc) is 3.01. The molecule has 0 radical (unpaired) electrons. The molecule has 0 spiro atoms. The van der Waals surface area contributed by atoms with E-state index in [0.29, 0.717) is 12.3 Å². The van der Waals surface area contributed by atoms with E-state index in [1.54, 1.807) is 0 Å². The summed E-state index contributed by atoms with van der Waals surface area (Å²) < 4.78 is 13.1. The molecule has 3 nitrogen and oxygen atoms in total. The third-order valence-electron chi connectivity index (χ3n) is 6.24. The maximum atomic E-state index is 13.1. The second-order valence-corrected chi connectivity index (χ2v) is 8.58. The molecule has 4 heteroatoms.